The van der Waals surface area contributed by atoms with Crippen LogP contribution >= 0.6 is 0 Å². The first-order valence-corrected chi connectivity index (χ1v) is 16.8. The summed E-state index contributed by atoms with van der Waals surface area (Å²) in [5.41, 5.74) is 4.50. The lowest BCUT2D eigenvalue weighted by Crippen LogP contribution is -2.55. The maximum Gasteiger partial charge on any atom is 0.453 e. The van der Waals surface area contributed by atoms with Crippen molar-refractivity contribution in [2.75, 3.05) is 102 Å². The molecule has 0 saturated carbocycles. The van der Waals surface area contributed by atoms with E-state index in [1.165, 1.54) is 33.9 Å². The van der Waals surface area contributed by atoms with Gasteiger partial charge in [-0.05, 0) is 83.1 Å². The van der Waals surface area contributed by atoms with E-state index < -0.39 is 5.97 Å². The van der Waals surface area contributed by atoms with Crippen molar-refractivity contribution in [3.8, 4) is 0 Å². The first kappa shape index (κ1) is 52.3. The molecule has 2 unspecified atom stereocenters. The molecule has 2 fully saturated rings. The molecule has 0 radical (unpaired) electrons. The molecule has 0 aromatic rings. The highest BCUT2D eigenvalue weighted by atomic mass is 16.6. The Morgan fingerprint density at radius 1 is 0.837 bits per heavy atom. The quantitative estimate of drug-likeness (QED) is 0.0661. The van der Waals surface area contributed by atoms with Gasteiger partial charge in [0.05, 0.1) is 26.2 Å². The molecule has 2 aliphatic rings. The van der Waals surface area contributed by atoms with E-state index in [9.17, 15) is 14.4 Å². The molecule has 2 atom stereocenters. The first-order valence-electron chi connectivity index (χ1n) is 16.8. The zero-order valence-electron chi connectivity index (χ0n) is 33.1. The Hall–Kier alpha value is -3.54. The average Bonchev–Trinajstić information content (AvgIpc) is 2.95. The number of nitrogens with one attached hydrogen (secondary N) is 5. The summed E-state index contributed by atoms with van der Waals surface area (Å²) in [6, 6.07) is 0.506. The van der Waals surface area contributed by atoms with Crippen LogP contribution in [0.1, 0.15) is 60.8 Å². The summed E-state index contributed by atoms with van der Waals surface area (Å²) < 4.78 is 9.52. The number of urea groups is 1. The fourth-order valence-electron chi connectivity index (χ4n) is 3.76. The third kappa shape index (κ3) is 32.8. The van der Waals surface area contributed by atoms with Crippen molar-refractivity contribution in [2.24, 2.45) is 5.73 Å². The van der Waals surface area contributed by atoms with Crippen molar-refractivity contribution in [3.05, 3.63) is 0 Å². The van der Waals surface area contributed by atoms with Gasteiger partial charge in [-0.15, -0.1) is 0 Å². The van der Waals surface area contributed by atoms with E-state index in [1.807, 2.05) is 42.0 Å². The lowest BCUT2D eigenvalue weighted by molar-refractivity contribution is -0.654. The van der Waals surface area contributed by atoms with E-state index in [1.54, 1.807) is 7.05 Å². The van der Waals surface area contributed by atoms with Crippen LogP contribution in [0.2, 0.25) is 0 Å². The Morgan fingerprint density at radius 2 is 1.33 bits per heavy atom. The van der Waals surface area contributed by atoms with Crippen molar-refractivity contribution in [1.29, 1.82) is 0 Å². The van der Waals surface area contributed by atoms with Crippen molar-refractivity contribution >= 4 is 36.2 Å². The van der Waals surface area contributed by atoms with E-state index in [4.69, 9.17) is 14.6 Å². The number of rotatable bonds is 10. The summed E-state index contributed by atoms with van der Waals surface area (Å²) in [7, 11) is 15.4. The molecule has 290 valence electrons. The second-order valence-corrected chi connectivity index (χ2v) is 11.3. The summed E-state index contributed by atoms with van der Waals surface area (Å²) in [6.45, 7) is 16.3. The minimum Gasteiger partial charge on any atom is -0.481 e. The van der Waals surface area contributed by atoms with Gasteiger partial charge >= 0.3 is 18.0 Å². The molecule has 8 N–H and O–H groups in total. The summed E-state index contributed by atoms with van der Waals surface area (Å²) in [4.78, 5) is 46.9. The number of carbonyl (C=O) groups excluding carboxylic acids is 3. The Bertz CT molecular complexity index is 941. The number of amidine groups is 1. The number of carbonyl (C=O) groups is 4. The molecule has 0 bridgehead atoms. The number of hydrogen-bond acceptors (Lipinski definition) is 9. The number of aliphatic carboxylic acids is 1. The van der Waals surface area contributed by atoms with E-state index >= 15 is 0 Å². The molecule has 2 aliphatic heterocycles. The summed E-state index contributed by atoms with van der Waals surface area (Å²) in [5.74, 6) is -1.11. The topological polar surface area (TPSA) is 200 Å². The Kier molecular flexibility index (Phi) is 36.6. The minimum atomic E-state index is -0.833. The van der Waals surface area contributed by atoms with Crippen LogP contribution in [-0.2, 0) is 19.1 Å². The lowest BCUT2D eigenvalue weighted by atomic mass is 10.2. The van der Waals surface area contributed by atoms with Gasteiger partial charge in [-0.1, -0.05) is 0 Å². The van der Waals surface area contributed by atoms with Crippen LogP contribution < -0.4 is 32.3 Å². The lowest BCUT2D eigenvalue weighted by Gasteiger charge is -2.33. The van der Waals surface area contributed by atoms with Gasteiger partial charge in [0.2, 0.25) is 12.2 Å². The molecule has 0 spiro atoms. The van der Waals surface area contributed by atoms with E-state index in [0.717, 1.165) is 52.5 Å². The number of ether oxygens (including phenoxy) is 1. The SMILES string of the molecule is CC(=O)O.CCN/C(OC(C)=O)=[N+]1/CCC1N(C)C.CCNC(=O)NCCCN(C)C.CCNC=[N+]1CCC1N(C)C.CN.CNC(C)=O. The second kappa shape index (κ2) is 34.3. The van der Waals surface area contributed by atoms with Crippen LogP contribution in [0.3, 0.4) is 0 Å². The number of nitrogens with zero attached hydrogens (tertiary/aromatic N) is 5. The Balaban J connectivity index is -0.000000272. The third-order valence-electron chi connectivity index (χ3n) is 6.26. The average molecular weight is 708 g/mol. The van der Waals surface area contributed by atoms with Crippen LogP contribution in [0, 0.1) is 0 Å². The predicted octanol–water partition coefficient (Wildman–Crippen LogP) is -0.578. The highest BCUT2D eigenvalue weighted by Gasteiger charge is 2.35. The van der Waals surface area contributed by atoms with Crippen LogP contribution in [0.25, 0.3) is 0 Å². The van der Waals surface area contributed by atoms with Crippen molar-refractivity contribution < 1.29 is 38.2 Å². The van der Waals surface area contributed by atoms with Gasteiger partial charge in [-0.25, -0.2) is 14.7 Å². The van der Waals surface area contributed by atoms with Crippen LogP contribution in [0.4, 0.5) is 4.79 Å². The maximum absolute atomic E-state index is 10.9. The number of nitrogens with two attached hydrogens (primary N) is 1. The van der Waals surface area contributed by atoms with Gasteiger partial charge in [0.15, 0.2) is 12.3 Å². The Labute approximate surface area is 296 Å². The molecule has 0 aromatic heterocycles. The van der Waals surface area contributed by atoms with Gasteiger partial charge in [0.1, 0.15) is 0 Å². The molecule has 2 heterocycles. The minimum absolute atomic E-state index is 0.00463. The maximum atomic E-state index is 10.9. The zero-order chi connectivity index (χ0) is 38.9. The summed E-state index contributed by atoms with van der Waals surface area (Å²) in [5, 5.41) is 21.5. The molecule has 49 heavy (non-hydrogen) atoms. The van der Waals surface area contributed by atoms with Crippen LogP contribution in [0.15, 0.2) is 0 Å². The van der Waals surface area contributed by atoms with Gasteiger partial charge in [0.25, 0.3) is 5.97 Å². The van der Waals surface area contributed by atoms with E-state index in [2.05, 4.69) is 83.5 Å². The van der Waals surface area contributed by atoms with Crippen LogP contribution in [0.5, 0.6) is 0 Å². The smallest absolute Gasteiger partial charge is 0.453 e. The highest BCUT2D eigenvalue weighted by Crippen LogP contribution is 2.13. The fourth-order valence-corrected chi connectivity index (χ4v) is 3.76. The van der Waals surface area contributed by atoms with Gasteiger partial charge in [0, 0.05) is 53.8 Å². The normalized spacial score (nSPS) is 17.1. The standard InChI is InChI=1S/C10H19N3O2.C8H19N3O.C8H17N3.C3H7NO.C2H4O2.CH5N/c1-5-11-10(15-8(2)14)13-7-6-9(13)12(3)4;1-4-9-8(12)10-6-5-7-11(2)3;1-4-9-7-11-6-5-8(11)10(2)3;1-3(5)4-2;1-2(3)4;1-2/h9H,5-7H2,1-4H3;4-7H2,1-3H3,(H2,9,10,12);7-8H,4-6H2,1-3H3;1-2H3,(H,4,5);1H3,(H,3,4);2H2,1H3/p+2. The largest absolute Gasteiger partial charge is 0.481 e. The van der Waals surface area contributed by atoms with Crippen LogP contribution in [-0.4, -0.2) is 180 Å². The van der Waals surface area contributed by atoms with Crippen molar-refractivity contribution in [3.63, 3.8) is 0 Å². The van der Waals surface area contributed by atoms with E-state index in [0.29, 0.717) is 24.9 Å². The molecule has 2 rings (SSSR count). The molecular weight excluding hydrogens is 634 g/mol. The van der Waals surface area contributed by atoms with E-state index in [-0.39, 0.29) is 17.9 Å². The molecule has 0 aliphatic carbocycles. The Morgan fingerprint density at radius 3 is 1.63 bits per heavy atom. The molecule has 3 amide bonds. The second-order valence-electron chi connectivity index (χ2n) is 11.3. The van der Waals surface area contributed by atoms with Gasteiger partial charge in [-0.2, -0.15) is 0 Å². The van der Waals surface area contributed by atoms with Crippen molar-refractivity contribution in [1.82, 2.24) is 41.3 Å². The van der Waals surface area contributed by atoms with Crippen molar-refractivity contribution in [2.45, 2.75) is 73.1 Å². The molecule has 2 saturated heterocycles. The molecule has 0 aromatic carbocycles. The number of carboxylic acid groups (broad SMARTS) is 1. The zero-order valence-corrected chi connectivity index (χ0v) is 33.1. The third-order valence-corrected chi connectivity index (χ3v) is 6.26. The fraction of sp³-hybridized carbons (Fsp3) is 0.812. The molecular formula is C32H73N11O6+2. The monoisotopic (exact) mass is 708 g/mol. The number of amides is 3. The first-order chi connectivity index (χ1) is 23.0. The number of carboxylic acids is 1. The number of hydrogen-bond donors (Lipinski definition) is 7. The summed E-state index contributed by atoms with van der Waals surface area (Å²) >= 11 is 0. The van der Waals surface area contributed by atoms with Gasteiger partial charge < -0.3 is 36.4 Å². The number of esters is 1. The molecule has 17 heteroatoms. The molecule has 17 nitrogen and oxygen atoms in total. The highest BCUT2D eigenvalue weighted by molar-refractivity contribution is 5.83. The predicted molar refractivity (Wildman–Crippen MR) is 198 cm³/mol. The van der Waals surface area contributed by atoms with Gasteiger partial charge in [-0.3, -0.25) is 34.1 Å². The summed E-state index contributed by atoms with van der Waals surface area (Å²) in [6.07, 6.45) is 6.42.